The first-order valence-electron chi connectivity index (χ1n) is 8.85. The molecule has 2 aliphatic heterocycles. The molecule has 2 unspecified atom stereocenters. The van der Waals surface area contributed by atoms with Gasteiger partial charge in [0.1, 0.15) is 5.54 Å². The average Bonchev–Trinajstić information content (AvgIpc) is 3.01. The topological polar surface area (TPSA) is 42.3 Å². The van der Waals surface area contributed by atoms with E-state index in [9.17, 15) is 5.26 Å². The fourth-order valence-corrected chi connectivity index (χ4v) is 4.62. The molecule has 118 valence electrons. The normalized spacial score (nSPS) is 36.7. The van der Waals surface area contributed by atoms with E-state index >= 15 is 0 Å². The average molecular weight is 290 g/mol. The molecule has 2 saturated heterocycles. The first-order valence-corrected chi connectivity index (χ1v) is 8.85. The minimum Gasteiger partial charge on any atom is -0.302 e. The quantitative estimate of drug-likeness (QED) is 0.863. The molecule has 3 aliphatic rings. The number of nitrogens with one attached hydrogen (secondary N) is 1. The van der Waals surface area contributed by atoms with Gasteiger partial charge in [-0.2, -0.15) is 5.26 Å². The summed E-state index contributed by atoms with van der Waals surface area (Å²) >= 11 is 0. The third-order valence-electron chi connectivity index (χ3n) is 6.10. The Morgan fingerprint density at radius 1 is 0.952 bits per heavy atom. The summed E-state index contributed by atoms with van der Waals surface area (Å²) in [6, 6.07) is 3.96. The third kappa shape index (κ3) is 3.26. The molecule has 1 saturated carbocycles. The molecule has 0 aromatic carbocycles. The molecule has 0 spiro atoms. The predicted octanol–water partition coefficient (Wildman–Crippen LogP) is 1.97. The summed E-state index contributed by atoms with van der Waals surface area (Å²) in [5.74, 6) is 0. The molecule has 2 heterocycles. The molecule has 0 aromatic heterocycles. The zero-order valence-corrected chi connectivity index (χ0v) is 13.5. The molecule has 0 aromatic rings. The second-order valence-corrected chi connectivity index (χ2v) is 7.20. The second-order valence-electron chi connectivity index (χ2n) is 7.20. The standard InChI is InChI=1S/C17H30N4/c1-19-17(14-18)8-5-16(13-17)21-11-6-15(7-12-21)20-9-3-2-4-10-20/h15-16,19H,2-13H2,1H3. The van der Waals surface area contributed by atoms with Crippen molar-refractivity contribution in [1.82, 2.24) is 15.1 Å². The van der Waals surface area contributed by atoms with Crippen molar-refractivity contribution in [2.75, 3.05) is 33.2 Å². The van der Waals surface area contributed by atoms with Crippen molar-refractivity contribution >= 4 is 0 Å². The van der Waals surface area contributed by atoms with E-state index in [-0.39, 0.29) is 5.54 Å². The Morgan fingerprint density at radius 2 is 1.62 bits per heavy atom. The summed E-state index contributed by atoms with van der Waals surface area (Å²) in [5, 5.41) is 12.7. The zero-order valence-electron chi connectivity index (χ0n) is 13.5. The van der Waals surface area contributed by atoms with Crippen molar-refractivity contribution < 1.29 is 0 Å². The Labute approximate surface area is 129 Å². The van der Waals surface area contributed by atoms with Crippen LogP contribution in [0.4, 0.5) is 0 Å². The molecule has 0 amide bonds. The van der Waals surface area contributed by atoms with Gasteiger partial charge in [-0.15, -0.1) is 0 Å². The van der Waals surface area contributed by atoms with Crippen molar-refractivity contribution in [2.45, 2.75) is 69.0 Å². The van der Waals surface area contributed by atoms with Gasteiger partial charge in [0.05, 0.1) is 6.07 Å². The van der Waals surface area contributed by atoms with E-state index in [1.54, 1.807) is 0 Å². The lowest BCUT2D eigenvalue weighted by molar-refractivity contribution is 0.0722. The Kier molecular flexibility index (Phi) is 4.83. The molecule has 0 radical (unpaired) electrons. The number of nitrogens with zero attached hydrogens (tertiary/aromatic N) is 3. The molecular weight excluding hydrogens is 260 g/mol. The van der Waals surface area contributed by atoms with E-state index in [2.05, 4.69) is 21.2 Å². The van der Waals surface area contributed by atoms with Crippen LogP contribution < -0.4 is 5.32 Å². The Bertz CT molecular complexity index is 377. The van der Waals surface area contributed by atoms with Gasteiger partial charge in [0.2, 0.25) is 0 Å². The first kappa shape index (κ1) is 15.3. The summed E-state index contributed by atoms with van der Waals surface area (Å²) in [5.41, 5.74) is -0.256. The Balaban J connectivity index is 1.49. The van der Waals surface area contributed by atoms with Crippen molar-refractivity contribution in [3.05, 3.63) is 0 Å². The molecule has 0 bridgehead atoms. The lowest BCUT2D eigenvalue weighted by atomic mass is 9.97. The van der Waals surface area contributed by atoms with Crippen LogP contribution in [-0.4, -0.2) is 60.6 Å². The summed E-state index contributed by atoms with van der Waals surface area (Å²) in [6.45, 7) is 5.12. The van der Waals surface area contributed by atoms with Crippen molar-refractivity contribution in [3.63, 3.8) is 0 Å². The molecule has 1 N–H and O–H groups in total. The summed E-state index contributed by atoms with van der Waals surface area (Å²) in [4.78, 5) is 5.40. The Morgan fingerprint density at radius 3 is 2.19 bits per heavy atom. The van der Waals surface area contributed by atoms with Crippen LogP contribution >= 0.6 is 0 Å². The summed E-state index contributed by atoms with van der Waals surface area (Å²) in [7, 11) is 1.94. The maximum atomic E-state index is 9.41. The maximum Gasteiger partial charge on any atom is 0.108 e. The number of hydrogen-bond acceptors (Lipinski definition) is 4. The molecule has 1 aliphatic carbocycles. The summed E-state index contributed by atoms with van der Waals surface area (Å²) in [6.07, 6.45) is 10.1. The lowest BCUT2D eigenvalue weighted by Crippen LogP contribution is -2.49. The minimum atomic E-state index is -0.256. The number of hydrogen-bond donors (Lipinski definition) is 1. The molecule has 3 fully saturated rings. The zero-order chi connectivity index (χ0) is 14.7. The fraction of sp³-hybridized carbons (Fsp3) is 0.941. The van der Waals surface area contributed by atoms with E-state index in [0.717, 1.165) is 18.9 Å². The van der Waals surface area contributed by atoms with Crippen LogP contribution in [0.1, 0.15) is 51.4 Å². The van der Waals surface area contributed by atoms with Gasteiger partial charge < -0.3 is 15.1 Å². The largest absolute Gasteiger partial charge is 0.302 e. The summed E-state index contributed by atoms with van der Waals surface area (Å²) < 4.78 is 0. The van der Waals surface area contributed by atoms with Crippen LogP contribution in [0.2, 0.25) is 0 Å². The van der Waals surface area contributed by atoms with Crippen LogP contribution in [0.25, 0.3) is 0 Å². The van der Waals surface area contributed by atoms with Gasteiger partial charge in [-0.25, -0.2) is 0 Å². The van der Waals surface area contributed by atoms with Gasteiger partial charge in [0, 0.05) is 12.1 Å². The van der Waals surface area contributed by atoms with Crippen LogP contribution in [0, 0.1) is 11.3 Å². The highest BCUT2D eigenvalue weighted by Crippen LogP contribution is 2.34. The number of rotatable bonds is 3. The van der Waals surface area contributed by atoms with Crippen molar-refractivity contribution in [2.24, 2.45) is 0 Å². The maximum absolute atomic E-state index is 9.41. The predicted molar refractivity (Wildman–Crippen MR) is 85.1 cm³/mol. The van der Waals surface area contributed by atoms with Gasteiger partial charge in [-0.3, -0.25) is 0 Å². The first-order chi connectivity index (χ1) is 10.3. The number of piperidine rings is 2. The van der Waals surface area contributed by atoms with Crippen LogP contribution in [0.15, 0.2) is 0 Å². The van der Waals surface area contributed by atoms with E-state index < -0.39 is 0 Å². The van der Waals surface area contributed by atoms with Gasteiger partial charge in [-0.05, 0) is 78.2 Å². The van der Waals surface area contributed by atoms with Gasteiger partial charge in [-0.1, -0.05) is 6.42 Å². The molecular formula is C17H30N4. The molecule has 3 rings (SSSR count). The Hall–Kier alpha value is -0.630. The van der Waals surface area contributed by atoms with E-state index in [0.29, 0.717) is 6.04 Å². The monoisotopic (exact) mass is 290 g/mol. The van der Waals surface area contributed by atoms with Gasteiger partial charge in [0.15, 0.2) is 0 Å². The molecule has 4 heteroatoms. The minimum absolute atomic E-state index is 0.256. The van der Waals surface area contributed by atoms with E-state index in [1.807, 2.05) is 7.05 Å². The third-order valence-corrected chi connectivity index (χ3v) is 6.10. The second kappa shape index (κ2) is 6.64. The highest BCUT2D eigenvalue weighted by Gasteiger charge is 2.41. The lowest BCUT2D eigenvalue weighted by Gasteiger charge is -2.42. The van der Waals surface area contributed by atoms with Crippen LogP contribution in [0.5, 0.6) is 0 Å². The number of likely N-dealkylation sites (tertiary alicyclic amines) is 2. The van der Waals surface area contributed by atoms with Crippen molar-refractivity contribution in [3.8, 4) is 6.07 Å². The van der Waals surface area contributed by atoms with E-state index in [4.69, 9.17) is 0 Å². The molecule has 4 nitrogen and oxygen atoms in total. The molecule has 2 atom stereocenters. The van der Waals surface area contributed by atoms with Crippen molar-refractivity contribution in [1.29, 1.82) is 5.26 Å². The van der Waals surface area contributed by atoms with Gasteiger partial charge in [0.25, 0.3) is 0 Å². The van der Waals surface area contributed by atoms with Crippen LogP contribution in [0.3, 0.4) is 0 Å². The highest BCUT2D eigenvalue weighted by atomic mass is 15.2. The number of nitriles is 1. The SMILES string of the molecule is CNC1(C#N)CCC(N2CCC(N3CCCCC3)CC2)C1. The van der Waals surface area contributed by atoms with Crippen LogP contribution in [-0.2, 0) is 0 Å². The van der Waals surface area contributed by atoms with Gasteiger partial charge >= 0.3 is 0 Å². The smallest absolute Gasteiger partial charge is 0.108 e. The fourth-order valence-electron chi connectivity index (χ4n) is 4.62. The highest BCUT2D eigenvalue weighted by molar-refractivity contribution is 5.13. The molecule has 21 heavy (non-hydrogen) atoms. The van der Waals surface area contributed by atoms with E-state index in [1.165, 1.54) is 64.7 Å².